The Morgan fingerprint density at radius 2 is 2.33 bits per heavy atom. The van der Waals surface area contributed by atoms with Crippen molar-refractivity contribution >= 4 is 29.3 Å². The third-order valence-corrected chi connectivity index (χ3v) is 3.49. The zero-order valence-corrected chi connectivity index (χ0v) is 13.3. The van der Waals surface area contributed by atoms with Crippen LogP contribution in [0.3, 0.4) is 0 Å². The Balaban J connectivity index is 2.37. The lowest BCUT2D eigenvalue weighted by atomic mass is 9.99. The second kappa shape index (κ2) is 7.47. The lowest BCUT2D eigenvalue weighted by Gasteiger charge is -2.12. The molecule has 7 heteroatoms. The van der Waals surface area contributed by atoms with Gasteiger partial charge >= 0.3 is 5.97 Å². The van der Waals surface area contributed by atoms with Crippen LogP contribution >= 0.6 is 23.4 Å². The van der Waals surface area contributed by atoms with Crippen LogP contribution in [0.5, 0.6) is 0 Å². The van der Waals surface area contributed by atoms with Crippen molar-refractivity contribution in [2.75, 3.05) is 12.9 Å². The van der Waals surface area contributed by atoms with Gasteiger partial charge in [-0.15, -0.1) is 0 Å². The van der Waals surface area contributed by atoms with Gasteiger partial charge in [0.1, 0.15) is 0 Å². The fourth-order valence-electron chi connectivity index (χ4n) is 1.86. The summed E-state index contributed by atoms with van der Waals surface area (Å²) in [4.78, 5) is 16.5. The topological polar surface area (TPSA) is 65.2 Å². The molecule has 0 radical (unpaired) electrons. The summed E-state index contributed by atoms with van der Waals surface area (Å²) in [6.45, 7) is 2.03. The number of aromatic nitrogens is 2. The van der Waals surface area contributed by atoms with Gasteiger partial charge in [-0.25, -0.2) is 0 Å². The molecule has 0 fully saturated rings. The highest BCUT2D eigenvalue weighted by Crippen LogP contribution is 2.27. The van der Waals surface area contributed by atoms with Gasteiger partial charge < -0.3 is 9.26 Å². The fourth-order valence-corrected chi connectivity index (χ4v) is 2.44. The highest BCUT2D eigenvalue weighted by atomic mass is 35.5. The van der Waals surface area contributed by atoms with Crippen molar-refractivity contribution in [2.24, 2.45) is 0 Å². The Morgan fingerprint density at radius 3 is 3.00 bits per heavy atom. The molecule has 5 nitrogen and oxygen atoms in total. The maximum Gasteiger partial charge on any atom is 0.323 e. The van der Waals surface area contributed by atoms with E-state index in [0.717, 1.165) is 0 Å². The van der Waals surface area contributed by atoms with E-state index in [0.29, 0.717) is 22.2 Å². The van der Waals surface area contributed by atoms with Crippen LogP contribution in [-0.2, 0) is 15.3 Å². The number of carbonyl (C=O) groups excluding carboxylic acids is 1. The normalized spacial score (nSPS) is 12.1. The highest BCUT2D eigenvalue weighted by molar-refractivity contribution is 7.97. The van der Waals surface area contributed by atoms with E-state index in [1.807, 2.05) is 6.26 Å². The zero-order valence-electron chi connectivity index (χ0n) is 11.7. The summed E-state index contributed by atoms with van der Waals surface area (Å²) in [5, 5.41) is 4.40. The van der Waals surface area contributed by atoms with Crippen LogP contribution in [0.15, 0.2) is 28.8 Å². The van der Waals surface area contributed by atoms with Crippen LogP contribution in [0.1, 0.15) is 30.1 Å². The Morgan fingerprint density at radius 1 is 1.52 bits per heavy atom. The second-order valence-corrected chi connectivity index (χ2v) is 5.52. The number of benzene rings is 1. The zero-order chi connectivity index (χ0) is 15.2. The van der Waals surface area contributed by atoms with Crippen LogP contribution in [0, 0.1) is 0 Å². The molecule has 0 amide bonds. The maximum atomic E-state index is 12.2. The summed E-state index contributed by atoms with van der Waals surface area (Å²) >= 11 is 7.57. The average Bonchev–Trinajstić information content (AvgIpc) is 2.88. The van der Waals surface area contributed by atoms with Crippen molar-refractivity contribution in [3.63, 3.8) is 0 Å². The van der Waals surface area contributed by atoms with E-state index in [2.05, 4.69) is 10.1 Å². The average molecular weight is 327 g/mol. The fraction of sp³-hybridized carbons (Fsp3) is 0.357. The van der Waals surface area contributed by atoms with Crippen LogP contribution in [0.2, 0.25) is 5.02 Å². The van der Waals surface area contributed by atoms with Gasteiger partial charge in [0.2, 0.25) is 5.89 Å². The molecule has 2 rings (SSSR count). The number of rotatable bonds is 6. The first-order valence-corrected chi connectivity index (χ1v) is 8.16. The summed E-state index contributed by atoms with van der Waals surface area (Å²) in [5.41, 5.74) is 0.667. The lowest BCUT2D eigenvalue weighted by Crippen LogP contribution is -2.17. The van der Waals surface area contributed by atoms with Gasteiger partial charge in [-0.05, 0) is 30.9 Å². The minimum atomic E-state index is -0.758. The summed E-state index contributed by atoms with van der Waals surface area (Å²) < 4.78 is 10.3. The molecule has 0 saturated heterocycles. The first-order valence-electron chi connectivity index (χ1n) is 6.39. The van der Waals surface area contributed by atoms with Gasteiger partial charge in [0.05, 0.1) is 12.4 Å². The van der Waals surface area contributed by atoms with Crippen molar-refractivity contribution < 1.29 is 14.1 Å². The Bertz CT molecular complexity index is 618. The van der Waals surface area contributed by atoms with E-state index in [1.165, 1.54) is 0 Å². The first-order chi connectivity index (χ1) is 10.2. The predicted octanol–water partition coefficient (Wildman–Crippen LogP) is 3.28. The highest BCUT2D eigenvalue weighted by Gasteiger charge is 2.30. The van der Waals surface area contributed by atoms with Gasteiger partial charge in [0, 0.05) is 5.02 Å². The molecule has 1 aromatic carbocycles. The van der Waals surface area contributed by atoms with Gasteiger partial charge in [-0.3, -0.25) is 4.79 Å². The van der Waals surface area contributed by atoms with Gasteiger partial charge in [-0.1, -0.05) is 28.9 Å². The third-order valence-electron chi connectivity index (χ3n) is 2.71. The number of halogens is 1. The minimum absolute atomic E-state index is 0.222. The molecule has 0 aliphatic heterocycles. The van der Waals surface area contributed by atoms with Crippen LogP contribution in [0.4, 0.5) is 0 Å². The van der Waals surface area contributed by atoms with Gasteiger partial charge in [-0.2, -0.15) is 16.7 Å². The van der Waals surface area contributed by atoms with E-state index in [9.17, 15) is 4.79 Å². The number of ether oxygens (including phenoxy) is 1. The standard InChI is InChI=1S/C14H15ClN2O3S/c1-3-19-14(18)12(9-5-4-6-10(15)7-9)13-16-11(8-21-2)17-20-13/h4-7,12H,3,8H2,1-2H3. The number of hydrogen-bond acceptors (Lipinski definition) is 6. The minimum Gasteiger partial charge on any atom is -0.465 e. The molecule has 0 N–H and O–H groups in total. The van der Waals surface area contributed by atoms with Crippen molar-refractivity contribution in [3.05, 3.63) is 46.6 Å². The number of nitrogens with zero attached hydrogens (tertiary/aromatic N) is 2. The number of esters is 1. The molecule has 1 heterocycles. The molecular formula is C14H15ClN2O3S. The van der Waals surface area contributed by atoms with Crippen molar-refractivity contribution in [2.45, 2.75) is 18.6 Å². The Labute approximate surface area is 132 Å². The summed E-state index contributed by atoms with van der Waals surface area (Å²) in [6.07, 6.45) is 1.94. The SMILES string of the molecule is CCOC(=O)C(c1cccc(Cl)c1)c1nc(CSC)no1. The molecular weight excluding hydrogens is 312 g/mol. The molecule has 2 aromatic rings. The molecule has 0 aliphatic rings. The van der Waals surface area contributed by atoms with Crippen molar-refractivity contribution in [1.82, 2.24) is 10.1 Å². The largest absolute Gasteiger partial charge is 0.465 e. The monoisotopic (exact) mass is 326 g/mol. The summed E-state index contributed by atoms with van der Waals surface area (Å²) in [7, 11) is 0. The molecule has 0 aliphatic carbocycles. The van der Waals surface area contributed by atoms with Crippen molar-refractivity contribution in [3.8, 4) is 0 Å². The Hall–Kier alpha value is -1.53. The third kappa shape index (κ3) is 3.98. The van der Waals surface area contributed by atoms with Gasteiger partial charge in [0.25, 0.3) is 0 Å². The van der Waals surface area contributed by atoms with E-state index in [-0.39, 0.29) is 12.5 Å². The Kier molecular flexibility index (Phi) is 5.64. The lowest BCUT2D eigenvalue weighted by molar-refractivity contribution is -0.144. The predicted molar refractivity (Wildman–Crippen MR) is 81.4 cm³/mol. The number of hydrogen-bond donors (Lipinski definition) is 0. The number of carbonyl (C=O) groups is 1. The number of thioether (sulfide) groups is 1. The van der Waals surface area contributed by atoms with E-state index in [4.69, 9.17) is 20.9 Å². The molecule has 1 unspecified atom stereocenters. The van der Waals surface area contributed by atoms with Gasteiger partial charge in [0.15, 0.2) is 11.7 Å². The molecule has 1 aromatic heterocycles. The quantitative estimate of drug-likeness (QED) is 0.759. The summed E-state index contributed by atoms with van der Waals surface area (Å²) in [6, 6.07) is 6.98. The molecule has 0 spiro atoms. The molecule has 21 heavy (non-hydrogen) atoms. The maximum absolute atomic E-state index is 12.2. The van der Waals surface area contributed by atoms with Crippen molar-refractivity contribution in [1.29, 1.82) is 0 Å². The van der Waals surface area contributed by atoms with E-state index >= 15 is 0 Å². The summed E-state index contributed by atoms with van der Waals surface area (Å²) in [5.74, 6) is 0.202. The molecule has 112 valence electrons. The molecule has 0 saturated carbocycles. The molecule has 0 bridgehead atoms. The smallest absolute Gasteiger partial charge is 0.323 e. The van der Waals surface area contributed by atoms with Crippen LogP contribution < -0.4 is 0 Å². The van der Waals surface area contributed by atoms with Crippen LogP contribution in [-0.4, -0.2) is 29.0 Å². The van der Waals surface area contributed by atoms with E-state index in [1.54, 1.807) is 43.0 Å². The second-order valence-electron chi connectivity index (χ2n) is 4.22. The van der Waals surface area contributed by atoms with Crippen LogP contribution in [0.25, 0.3) is 0 Å². The molecule has 1 atom stereocenters. The first kappa shape index (κ1) is 15.9. The van der Waals surface area contributed by atoms with E-state index < -0.39 is 11.9 Å².